The molecule has 3 fully saturated rings. The topological polar surface area (TPSA) is 81.8 Å². The second-order valence-corrected chi connectivity index (χ2v) is 8.91. The molecule has 3 atom stereocenters. The molecule has 0 radical (unpaired) electrons. The summed E-state index contributed by atoms with van der Waals surface area (Å²) in [5.41, 5.74) is 2.83. The van der Waals surface area contributed by atoms with Crippen LogP contribution in [0, 0.1) is 0 Å². The summed E-state index contributed by atoms with van der Waals surface area (Å²) in [7, 11) is 0. The Hall–Kier alpha value is -2.25. The average Bonchev–Trinajstić information content (AvgIpc) is 2.95. The van der Waals surface area contributed by atoms with Gasteiger partial charge in [-0.2, -0.15) is 0 Å². The molecule has 29 heavy (non-hydrogen) atoms. The summed E-state index contributed by atoms with van der Waals surface area (Å²) in [6.07, 6.45) is 5.72. The predicted molar refractivity (Wildman–Crippen MR) is 107 cm³/mol. The van der Waals surface area contributed by atoms with Gasteiger partial charge >= 0.3 is 0 Å². The van der Waals surface area contributed by atoms with E-state index in [0.717, 1.165) is 30.8 Å². The second kappa shape index (κ2) is 7.54. The van der Waals surface area contributed by atoms with E-state index in [0.29, 0.717) is 30.6 Å². The summed E-state index contributed by atoms with van der Waals surface area (Å²) < 4.78 is 0. The van der Waals surface area contributed by atoms with E-state index >= 15 is 0 Å². The third-order valence-electron chi connectivity index (χ3n) is 6.85. The maximum Gasteiger partial charge on any atom is 0.255 e. The van der Waals surface area contributed by atoms with Crippen molar-refractivity contribution in [3.05, 3.63) is 34.9 Å². The Morgan fingerprint density at radius 2 is 1.90 bits per heavy atom. The lowest BCUT2D eigenvalue weighted by atomic mass is 9.98. The highest BCUT2D eigenvalue weighted by Crippen LogP contribution is 2.29. The third kappa shape index (κ3) is 3.69. The fraction of sp³-hybridized carbons (Fsp3) is 0.591. The molecule has 4 aliphatic rings. The number of carbonyl (C=O) groups is 3. The van der Waals surface area contributed by atoms with Crippen LogP contribution in [0.25, 0.3) is 0 Å². The summed E-state index contributed by atoms with van der Waals surface area (Å²) in [6.45, 7) is 3.44. The van der Waals surface area contributed by atoms with Crippen LogP contribution in [0.1, 0.15) is 60.0 Å². The van der Waals surface area contributed by atoms with Crippen molar-refractivity contribution in [3.63, 3.8) is 0 Å². The van der Waals surface area contributed by atoms with Crippen LogP contribution in [0.5, 0.6) is 0 Å². The lowest BCUT2D eigenvalue weighted by Gasteiger charge is -2.29. The maximum absolute atomic E-state index is 13.0. The van der Waals surface area contributed by atoms with Crippen molar-refractivity contribution in [2.75, 3.05) is 13.1 Å². The molecule has 3 saturated heterocycles. The first-order valence-corrected chi connectivity index (χ1v) is 10.8. The number of amides is 3. The first-order chi connectivity index (χ1) is 14.1. The van der Waals surface area contributed by atoms with Gasteiger partial charge in [-0.3, -0.25) is 24.6 Å². The Bertz CT molecular complexity index is 854. The molecule has 1 aromatic rings. The zero-order valence-electron chi connectivity index (χ0n) is 16.7. The number of hydrogen-bond acceptors (Lipinski definition) is 5. The van der Waals surface area contributed by atoms with Gasteiger partial charge in [0.2, 0.25) is 11.8 Å². The maximum atomic E-state index is 13.0. The Morgan fingerprint density at radius 1 is 1.03 bits per heavy atom. The Morgan fingerprint density at radius 3 is 2.76 bits per heavy atom. The minimum absolute atomic E-state index is 0.0928. The van der Waals surface area contributed by atoms with Crippen LogP contribution in [0.4, 0.5) is 0 Å². The van der Waals surface area contributed by atoms with Crippen LogP contribution in [0.3, 0.4) is 0 Å². The number of nitrogens with one attached hydrogen (secondary N) is 2. The van der Waals surface area contributed by atoms with E-state index in [1.165, 1.54) is 25.7 Å². The first-order valence-electron chi connectivity index (χ1n) is 10.8. The Kier molecular flexibility index (Phi) is 4.87. The molecule has 0 aromatic heterocycles. The van der Waals surface area contributed by atoms with Crippen molar-refractivity contribution in [3.8, 4) is 0 Å². The van der Waals surface area contributed by atoms with Crippen molar-refractivity contribution >= 4 is 17.7 Å². The molecule has 3 amide bonds. The minimum atomic E-state index is -0.549. The number of nitrogens with zero attached hydrogens (tertiary/aromatic N) is 2. The third-order valence-corrected chi connectivity index (χ3v) is 6.85. The van der Waals surface area contributed by atoms with E-state index in [-0.39, 0.29) is 24.1 Å². The zero-order chi connectivity index (χ0) is 20.0. The lowest BCUT2D eigenvalue weighted by Crippen LogP contribution is -2.52. The molecule has 1 aromatic carbocycles. The molecule has 0 spiro atoms. The highest BCUT2D eigenvalue weighted by Gasteiger charge is 2.39. The Labute approximate surface area is 170 Å². The quantitative estimate of drug-likeness (QED) is 0.750. The second-order valence-electron chi connectivity index (χ2n) is 8.91. The number of carbonyl (C=O) groups excluding carboxylic acids is 3. The van der Waals surface area contributed by atoms with Crippen LogP contribution in [-0.2, 0) is 22.7 Å². The summed E-state index contributed by atoms with van der Waals surface area (Å²) in [5.74, 6) is -0.704. The van der Waals surface area contributed by atoms with Crippen LogP contribution >= 0.6 is 0 Å². The zero-order valence-corrected chi connectivity index (χ0v) is 16.7. The molecule has 5 rings (SSSR count). The van der Waals surface area contributed by atoms with Crippen LogP contribution in [0.15, 0.2) is 18.2 Å². The molecule has 4 heterocycles. The molecule has 0 aliphatic carbocycles. The van der Waals surface area contributed by atoms with Gasteiger partial charge in [0.15, 0.2) is 0 Å². The lowest BCUT2D eigenvalue weighted by molar-refractivity contribution is -0.136. The predicted octanol–water partition coefficient (Wildman–Crippen LogP) is 1.16. The smallest absolute Gasteiger partial charge is 0.255 e. The standard InChI is InChI=1S/C22H28N4O3/c27-20-7-6-19(21(28)24-20)26-12-15-5-4-14(10-18(15)22(26)29)11-25-9-8-16-2-1-3-17(13-25)23-16/h4-5,10,16-17,19,23H,1-3,6-9,11-13H2,(H,24,27,28). The van der Waals surface area contributed by atoms with Crippen molar-refractivity contribution < 1.29 is 14.4 Å². The number of hydrogen-bond donors (Lipinski definition) is 2. The van der Waals surface area contributed by atoms with E-state index in [1.54, 1.807) is 4.90 Å². The Balaban J connectivity index is 1.29. The van der Waals surface area contributed by atoms with E-state index in [1.807, 2.05) is 12.1 Å². The van der Waals surface area contributed by atoms with Gasteiger partial charge < -0.3 is 10.2 Å². The largest absolute Gasteiger partial charge is 0.322 e. The van der Waals surface area contributed by atoms with Gasteiger partial charge in [0, 0.05) is 50.2 Å². The van der Waals surface area contributed by atoms with Crippen molar-refractivity contribution in [1.29, 1.82) is 0 Å². The van der Waals surface area contributed by atoms with Gasteiger partial charge in [-0.15, -0.1) is 0 Å². The molecular weight excluding hydrogens is 368 g/mol. The molecule has 3 unspecified atom stereocenters. The first kappa shape index (κ1) is 18.8. The normalized spacial score (nSPS) is 30.1. The average molecular weight is 396 g/mol. The fourth-order valence-corrected chi connectivity index (χ4v) is 5.33. The van der Waals surface area contributed by atoms with Crippen LogP contribution in [0.2, 0.25) is 0 Å². The van der Waals surface area contributed by atoms with Crippen molar-refractivity contribution in [1.82, 2.24) is 20.4 Å². The van der Waals surface area contributed by atoms with Crippen LogP contribution < -0.4 is 10.6 Å². The number of piperidine rings is 2. The van der Waals surface area contributed by atoms with E-state index < -0.39 is 6.04 Å². The summed E-state index contributed by atoms with van der Waals surface area (Å²) in [4.78, 5) is 40.8. The summed E-state index contributed by atoms with van der Waals surface area (Å²) in [6, 6.07) is 6.84. The monoisotopic (exact) mass is 396 g/mol. The highest BCUT2D eigenvalue weighted by molar-refractivity contribution is 6.05. The molecule has 4 aliphatic heterocycles. The van der Waals surface area contributed by atoms with Crippen molar-refractivity contribution in [2.45, 2.75) is 69.7 Å². The molecule has 2 N–H and O–H groups in total. The van der Waals surface area contributed by atoms with Crippen LogP contribution in [-0.4, -0.2) is 58.7 Å². The summed E-state index contributed by atoms with van der Waals surface area (Å²) in [5, 5.41) is 6.12. The minimum Gasteiger partial charge on any atom is -0.322 e. The molecule has 2 bridgehead atoms. The molecule has 7 nitrogen and oxygen atoms in total. The van der Waals surface area contributed by atoms with Crippen molar-refractivity contribution in [2.24, 2.45) is 0 Å². The van der Waals surface area contributed by atoms with Gasteiger partial charge in [0.05, 0.1) is 0 Å². The molecular formula is C22H28N4O3. The fourth-order valence-electron chi connectivity index (χ4n) is 5.33. The van der Waals surface area contributed by atoms with Gasteiger partial charge in [0.1, 0.15) is 6.04 Å². The molecule has 154 valence electrons. The van der Waals surface area contributed by atoms with Gasteiger partial charge in [-0.05, 0) is 42.9 Å². The van der Waals surface area contributed by atoms with E-state index in [4.69, 9.17) is 0 Å². The number of imide groups is 1. The SMILES string of the molecule is O=C1CCC(N2Cc3ccc(CN4CCC5CCCC(C4)N5)cc3C2=O)C(=O)N1. The van der Waals surface area contributed by atoms with Gasteiger partial charge in [0.25, 0.3) is 5.91 Å². The van der Waals surface area contributed by atoms with Gasteiger partial charge in [-0.1, -0.05) is 18.6 Å². The van der Waals surface area contributed by atoms with Gasteiger partial charge in [-0.25, -0.2) is 0 Å². The number of benzene rings is 1. The van der Waals surface area contributed by atoms with E-state index in [9.17, 15) is 14.4 Å². The number of rotatable bonds is 3. The molecule has 7 heteroatoms. The number of fused-ring (bicyclic) bond motifs is 3. The summed E-state index contributed by atoms with van der Waals surface area (Å²) >= 11 is 0. The highest BCUT2D eigenvalue weighted by atomic mass is 16.2. The molecule has 0 saturated carbocycles. The van der Waals surface area contributed by atoms with E-state index in [2.05, 4.69) is 21.6 Å².